The quantitative estimate of drug-likeness (QED) is 0.590. The number of amides is 1. The predicted octanol–water partition coefficient (Wildman–Crippen LogP) is 3.86. The molecule has 0 aromatic heterocycles. The van der Waals surface area contributed by atoms with Crippen LogP contribution in [0.5, 0.6) is 0 Å². The van der Waals surface area contributed by atoms with Crippen molar-refractivity contribution >= 4 is 33.3 Å². The maximum atomic E-state index is 12.8. The molecular formula is C23H22N2O5S. The van der Waals surface area contributed by atoms with Crippen LogP contribution in [0.1, 0.15) is 26.3 Å². The van der Waals surface area contributed by atoms with Crippen molar-refractivity contribution < 1.29 is 22.7 Å². The summed E-state index contributed by atoms with van der Waals surface area (Å²) in [5.74, 6) is -0.882. The Kier molecular flexibility index (Phi) is 6.41. The minimum atomic E-state index is -3.71. The maximum Gasteiger partial charge on any atom is 0.337 e. The summed E-state index contributed by atoms with van der Waals surface area (Å²) >= 11 is 0. The molecule has 7 nitrogen and oxygen atoms in total. The number of esters is 1. The van der Waals surface area contributed by atoms with E-state index in [0.717, 1.165) is 9.87 Å². The van der Waals surface area contributed by atoms with Gasteiger partial charge in [-0.15, -0.1) is 0 Å². The van der Waals surface area contributed by atoms with Crippen LogP contribution in [0.15, 0.2) is 77.7 Å². The standard InChI is InChI=1S/C23H22N2O5S/c1-16-9-10-18(23(27)30-3)15-21(16)24-22(26)17-11-13-19(14-12-17)25(2)31(28,29)20-7-5-4-6-8-20/h4-15H,1-3H3,(H,24,26). The molecule has 1 amide bonds. The highest BCUT2D eigenvalue weighted by molar-refractivity contribution is 7.92. The minimum absolute atomic E-state index is 0.181. The molecule has 0 unspecified atom stereocenters. The number of benzene rings is 3. The number of methoxy groups -OCH3 is 1. The number of aryl methyl sites for hydroxylation is 1. The molecule has 1 N–H and O–H groups in total. The van der Waals surface area contributed by atoms with Crippen LogP contribution < -0.4 is 9.62 Å². The molecule has 3 aromatic rings. The normalized spacial score (nSPS) is 10.9. The lowest BCUT2D eigenvalue weighted by molar-refractivity contribution is 0.0600. The summed E-state index contributed by atoms with van der Waals surface area (Å²) in [5, 5.41) is 2.77. The Labute approximate surface area is 181 Å². The average molecular weight is 439 g/mol. The SMILES string of the molecule is COC(=O)c1ccc(C)c(NC(=O)c2ccc(N(C)S(=O)(=O)c3ccccc3)cc2)c1. The smallest absolute Gasteiger partial charge is 0.337 e. The second kappa shape index (κ2) is 9.01. The molecule has 0 aliphatic rings. The Morgan fingerprint density at radius 1 is 0.903 bits per heavy atom. The highest BCUT2D eigenvalue weighted by atomic mass is 32.2. The van der Waals surface area contributed by atoms with E-state index in [1.165, 1.54) is 26.3 Å². The Hall–Kier alpha value is -3.65. The zero-order valence-electron chi connectivity index (χ0n) is 17.3. The number of carbonyl (C=O) groups excluding carboxylic acids is 2. The van der Waals surface area contributed by atoms with Crippen molar-refractivity contribution in [3.05, 3.63) is 89.5 Å². The lowest BCUT2D eigenvalue weighted by Gasteiger charge is -2.19. The Bertz CT molecular complexity index is 1210. The van der Waals surface area contributed by atoms with E-state index in [4.69, 9.17) is 4.74 Å². The van der Waals surface area contributed by atoms with E-state index in [1.54, 1.807) is 60.7 Å². The predicted molar refractivity (Wildman–Crippen MR) is 119 cm³/mol. The second-order valence-corrected chi connectivity index (χ2v) is 8.78. The number of hydrogen-bond donors (Lipinski definition) is 1. The van der Waals surface area contributed by atoms with Gasteiger partial charge in [0.15, 0.2) is 0 Å². The highest BCUT2D eigenvalue weighted by Gasteiger charge is 2.21. The number of nitrogens with zero attached hydrogens (tertiary/aromatic N) is 1. The third kappa shape index (κ3) is 4.75. The van der Waals surface area contributed by atoms with Crippen molar-refractivity contribution in [1.29, 1.82) is 0 Å². The van der Waals surface area contributed by atoms with Gasteiger partial charge in [-0.1, -0.05) is 24.3 Å². The van der Waals surface area contributed by atoms with E-state index in [1.807, 2.05) is 6.92 Å². The molecule has 0 atom stereocenters. The third-order valence-electron chi connectivity index (χ3n) is 4.80. The fourth-order valence-electron chi connectivity index (χ4n) is 2.91. The van der Waals surface area contributed by atoms with Crippen molar-refractivity contribution in [2.45, 2.75) is 11.8 Å². The molecule has 3 rings (SSSR count). The Balaban J connectivity index is 1.79. The van der Waals surface area contributed by atoms with E-state index in [9.17, 15) is 18.0 Å². The van der Waals surface area contributed by atoms with E-state index in [2.05, 4.69) is 5.32 Å². The summed E-state index contributed by atoms with van der Waals surface area (Å²) in [6, 6.07) is 19.2. The van der Waals surface area contributed by atoms with Crippen LogP contribution in [0, 0.1) is 6.92 Å². The van der Waals surface area contributed by atoms with Crippen molar-refractivity contribution in [2.75, 3.05) is 23.8 Å². The number of ether oxygens (including phenoxy) is 1. The van der Waals surface area contributed by atoms with Crippen LogP contribution in [0.2, 0.25) is 0 Å². The molecule has 0 bridgehead atoms. The molecule has 0 fully saturated rings. The molecule has 0 spiro atoms. The maximum absolute atomic E-state index is 12.8. The second-order valence-electron chi connectivity index (χ2n) is 6.81. The third-order valence-corrected chi connectivity index (χ3v) is 6.60. The molecular weight excluding hydrogens is 416 g/mol. The summed E-state index contributed by atoms with van der Waals surface area (Å²) < 4.78 is 31.4. The largest absolute Gasteiger partial charge is 0.465 e. The molecule has 8 heteroatoms. The van der Waals surface area contributed by atoms with Gasteiger partial charge in [0.2, 0.25) is 0 Å². The summed E-state index contributed by atoms with van der Waals surface area (Å²) in [5.41, 5.74) is 2.36. The van der Waals surface area contributed by atoms with Crippen molar-refractivity contribution in [3.8, 4) is 0 Å². The van der Waals surface area contributed by atoms with Crippen LogP contribution >= 0.6 is 0 Å². The lowest BCUT2D eigenvalue weighted by atomic mass is 10.1. The first-order valence-corrected chi connectivity index (χ1v) is 10.8. The Morgan fingerprint density at radius 2 is 1.52 bits per heavy atom. The van der Waals surface area contributed by atoms with Crippen molar-refractivity contribution in [1.82, 2.24) is 0 Å². The molecule has 0 saturated carbocycles. The van der Waals surface area contributed by atoms with Gasteiger partial charge in [0.25, 0.3) is 15.9 Å². The number of carbonyl (C=O) groups is 2. The fraction of sp³-hybridized carbons (Fsp3) is 0.130. The van der Waals surface area contributed by atoms with Gasteiger partial charge in [-0.2, -0.15) is 0 Å². The zero-order valence-corrected chi connectivity index (χ0v) is 18.1. The molecule has 3 aromatic carbocycles. The first-order chi connectivity index (χ1) is 14.7. The average Bonchev–Trinajstić information content (AvgIpc) is 2.80. The molecule has 0 aliphatic heterocycles. The van der Waals surface area contributed by atoms with Crippen molar-refractivity contribution in [3.63, 3.8) is 0 Å². The molecule has 0 saturated heterocycles. The van der Waals surface area contributed by atoms with Crippen LogP contribution in [0.25, 0.3) is 0 Å². The van der Waals surface area contributed by atoms with Gasteiger partial charge >= 0.3 is 5.97 Å². The number of hydrogen-bond acceptors (Lipinski definition) is 5. The summed E-state index contributed by atoms with van der Waals surface area (Å²) in [6.07, 6.45) is 0. The van der Waals surface area contributed by atoms with Gasteiger partial charge in [-0.25, -0.2) is 13.2 Å². The van der Waals surface area contributed by atoms with Crippen LogP contribution in [-0.4, -0.2) is 34.5 Å². The Morgan fingerprint density at radius 3 is 2.13 bits per heavy atom. The van der Waals surface area contributed by atoms with Gasteiger partial charge in [0.1, 0.15) is 0 Å². The number of rotatable bonds is 6. The fourth-order valence-corrected chi connectivity index (χ4v) is 4.12. The molecule has 160 valence electrons. The van der Waals surface area contributed by atoms with Crippen LogP contribution in [-0.2, 0) is 14.8 Å². The lowest BCUT2D eigenvalue weighted by Crippen LogP contribution is -2.26. The van der Waals surface area contributed by atoms with Gasteiger partial charge in [-0.05, 0) is 61.0 Å². The first kappa shape index (κ1) is 22.0. The zero-order chi connectivity index (χ0) is 22.6. The summed E-state index contributed by atoms with van der Waals surface area (Å²) in [6.45, 7) is 1.81. The molecule has 31 heavy (non-hydrogen) atoms. The topological polar surface area (TPSA) is 92.8 Å². The van der Waals surface area contributed by atoms with E-state index >= 15 is 0 Å². The van der Waals surface area contributed by atoms with E-state index in [0.29, 0.717) is 22.5 Å². The monoisotopic (exact) mass is 438 g/mol. The van der Waals surface area contributed by atoms with Gasteiger partial charge in [0.05, 0.1) is 23.3 Å². The number of nitrogens with one attached hydrogen (secondary N) is 1. The van der Waals surface area contributed by atoms with E-state index < -0.39 is 16.0 Å². The minimum Gasteiger partial charge on any atom is -0.465 e. The summed E-state index contributed by atoms with van der Waals surface area (Å²) in [7, 11) is -0.960. The van der Waals surface area contributed by atoms with Crippen LogP contribution in [0.4, 0.5) is 11.4 Å². The first-order valence-electron chi connectivity index (χ1n) is 9.38. The van der Waals surface area contributed by atoms with Crippen molar-refractivity contribution in [2.24, 2.45) is 0 Å². The number of sulfonamides is 1. The van der Waals surface area contributed by atoms with Gasteiger partial charge < -0.3 is 10.1 Å². The van der Waals surface area contributed by atoms with Gasteiger partial charge in [0, 0.05) is 18.3 Å². The molecule has 0 radical (unpaired) electrons. The van der Waals surface area contributed by atoms with Crippen LogP contribution in [0.3, 0.4) is 0 Å². The van der Waals surface area contributed by atoms with E-state index in [-0.39, 0.29) is 10.8 Å². The number of anilines is 2. The highest BCUT2D eigenvalue weighted by Crippen LogP contribution is 2.23. The molecule has 0 heterocycles. The van der Waals surface area contributed by atoms with Gasteiger partial charge in [-0.3, -0.25) is 9.10 Å². The molecule has 0 aliphatic carbocycles. The summed E-state index contributed by atoms with van der Waals surface area (Å²) in [4.78, 5) is 24.6.